The van der Waals surface area contributed by atoms with Crippen LogP contribution in [0.25, 0.3) is 0 Å². The highest BCUT2D eigenvalue weighted by molar-refractivity contribution is 6.29. The highest BCUT2D eigenvalue weighted by Crippen LogP contribution is 2.31. The number of rotatable bonds is 2. The Bertz CT molecular complexity index is 592. The lowest BCUT2D eigenvalue weighted by Gasteiger charge is -2.33. The molecule has 0 atom stereocenters. The van der Waals surface area contributed by atoms with Gasteiger partial charge < -0.3 is 4.90 Å². The number of hydrogen-bond acceptors (Lipinski definition) is 3. The van der Waals surface area contributed by atoms with Gasteiger partial charge in [-0.2, -0.15) is 0 Å². The average molecular weight is 288 g/mol. The summed E-state index contributed by atoms with van der Waals surface area (Å²) in [4.78, 5) is 10.7. The van der Waals surface area contributed by atoms with Gasteiger partial charge in [0.15, 0.2) is 0 Å². The van der Waals surface area contributed by atoms with Crippen LogP contribution in [0.5, 0.6) is 0 Å². The van der Waals surface area contributed by atoms with Crippen molar-refractivity contribution >= 4 is 17.4 Å². The van der Waals surface area contributed by atoms with Crippen LogP contribution in [0.1, 0.15) is 29.9 Å². The Balaban J connectivity index is 1.70. The van der Waals surface area contributed by atoms with Crippen molar-refractivity contribution in [1.82, 2.24) is 9.97 Å². The van der Waals surface area contributed by atoms with Crippen LogP contribution in [0.15, 0.2) is 36.7 Å². The van der Waals surface area contributed by atoms with Crippen LogP contribution in [0.4, 0.5) is 5.82 Å². The second-order valence-electron chi connectivity index (χ2n) is 5.32. The first-order valence-corrected chi connectivity index (χ1v) is 7.40. The van der Waals surface area contributed by atoms with Gasteiger partial charge in [0.25, 0.3) is 0 Å². The number of aromatic nitrogens is 2. The largest absolute Gasteiger partial charge is 0.355 e. The maximum Gasteiger partial charge on any atom is 0.149 e. The lowest BCUT2D eigenvalue weighted by molar-refractivity contribution is 0.500. The number of aryl methyl sites for hydroxylation is 1. The van der Waals surface area contributed by atoms with Crippen LogP contribution < -0.4 is 4.90 Å². The quantitative estimate of drug-likeness (QED) is 0.841. The summed E-state index contributed by atoms with van der Waals surface area (Å²) in [6, 6.07) is 8.70. The normalized spacial score (nSPS) is 16.4. The molecule has 3 nitrogen and oxygen atoms in total. The van der Waals surface area contributed by atoms with Crippen molar-refractivity contribution in [2.24, 2.45) is 0 Å². The molecule has 1 aliphatic heterocycles. The van der Waals surface area contributed by atoms with Gasteiger partial charge in [-0.05, 0) is 36.8 Å². The predicted octanol–water partition coefficient (Wildman–Crippen LogP) is 3.82. The van der Waals surface area contributed by atoms with Crippen molar-refractivity contribution in [2.45, 2.75) is 25.7 Å². The summed E-state index contributed by atoms with van der Waals surface area (Å²) < 4.78 is 0. The molecule has 4 heteroatoms. The van der Waals surface area contributed by atoms with Crippen molar-refractivity contribution < 1.29 is 0 Å². The van der Waals surface area contributed by atoms with Crippen LogP contribution in [-0.4, -0.2) is 23.1 Å². The number of nitrogens with zero attached hydrogens (tertiary/aromatic N) is 3. The number of hydrogen-bond donors (Lipinski definition) is 0. The summed E-state index contributed by atoms with van der Waals surface area (Å²) in [6.07, 6.45) is 5.67. The number of halogens is 1. The number of piperidine rings is 1. The maximum atomic E-state index is 5.91. The molecule has 1 saturated heterocycles. The molecule has 0 unspecified atom stereocenters. The van der Waals surface area contributed by atoms with Gasteiger partial charge in [-0.25, -0.2) is 4.98 Å². The monoisotopic (exact) mass is 287 g/mol. The van der Waals surface area contributed by atoms with E-state index in [1.165, 1.54) is 11.1 Å². The topological polar surface area (TPSA) is 29.0 Å². The van der Waals surface area contributed by atoms with Crippen molar-refractivity contribution in [3.8, 4) is 0 Å². The minimum atomic E-state index is 0.462. The number of anilines is 1. The van der Waals surface area contributed by atoms with Crippen LogP contribution in [-0.2, 0) is 0 Å². The lowest BCUT2D eigenvalue weighted by atomic mass is 9.87. The van der Waals surface area contributed by atoms with Gasteiger partial charge in [0.2, 0.25) is 0 Å². The first-order valence-electron chi connectivity index (χ1n) is 7.02. The van der Waals surface area contributed by atoms with Gasteiger partial charge in [0.1, 0.15) is 11.0 Å². The Kier molecular flexibility index (Phi) is 3.88. The predicted molar refractivity (Wildman–Crippen MR) is 82.4 cm³/mol. The summed E-state index contributed by atoms with van der Waals surface area (Å²) in [5.74, 6) is 1.54. The molecule has 3 rings (SSSR count). The first-order chi connectivity index (χ1) is 9.74. The van der Waals surface area contributed by atoms with E-state index < -0.39 is 0 Å². The van der Waals surface area contributed by atoms with E-state index in [1.54, 1.807) is 12.4 Å². The summed E-state index contributed by atoms with van der Waals surface area (Å²) in [5.41, 5.74) is 2.89. The van der Waals surface area contributed by atoms with E-state index in [9.17, 15) is 0 Å². The molecule has 0 bridgehead atoms. The zero-order valence-corrected chi connectivity index (χ0v) is 12.3. The maximum absolute atomic E-state index is 5.91. The summed E-state index contributed by atoms with van der Waals surface area (Å²) in [5, 5.41) is 0.462. The highest BCUT2D eigenvalue weighted by Gasteiger charge is 2.22. The molecule has 0 saturated carbocycles. The third-order valence-electron chi connectivity index (χ3n) is 4.04. The molecule has 1 aliphatic rings. The third kappa shape index (κ3) is 2.78. The molecule has 0 aliphatic carbocycles. The smallest absolute Gasteiger partial charge is 0.149 e. The van der Waals surface area contributed by atoms with Gasteiger partial charge in [0.05, 0.1) is 12.4 Å². The fourth-order valence-corrected chi connectivity index (χ4v) is 3.09. The standard InChI is InChI=1S/C16H18ClN3/c1-12-4-2-3-5-14(12)13-6-8-20(9-7-13)16-11-18-10-15(17)19-16/h2-5,10-11,13H,6-9H2,1H3. The van der Waals surface area contributed by atoms with E-state index in [0.717, 1.165) is 31.7 Å². The Morgan fingerprint density at radius 2 is 1.90 bits per heavy atom. The zero-order chi connectivity index (χ0) is 13.9. The van der Waals surface area contributed by atoms with Crippen LogP contribution in [0.3, 0.4) is 0 Å². The van der Waals surface area contributed by atoms with Crippen molar-refractivity contribution in [1.29, 1.82) is 0 Å². The van der Waals surface area contributed by atoms with E-state index in [0.29, 0.717) is 11.1 Å². The molecule has 104 valence electrons. The molecule has 0 amide bonds. The summed E-state index contributed by atoms with van der Waals surface area (Å²) in [7, 11) is 0. The lowest BCUT2D eigenvalue weighted by Crippen LogP contribution is -2.33. The molecule has 0 N–H and O–H groups in total. The molecular weight excluding hydrogens is 270 g/mol. The molecular formula is C16H18ClN3. The van der Waals surface area contributed by atoms with Crippen molar-refractivity contribution in [3.05, 3.63) is 52.9 Å². The highest BCUT2D eigenvalue weighted by atomic mass is 35.5. The van der Waals surface area contributed by atoms with Gasteiger partial charge in [-0.1, -0.05) is 35.9 Å². The molecule has 1 aromatic heterocycles. The van der Waals surface area contributed by atoms with Crippen molar-refractivity contribution in [3.63, 3.8) is 0 Å². The van der Waals surface area contributed by atoms with Gasteiger partial charge in [-0.3, -0.25) is 4.98 Å². The fraction of sp³-hybridized carbons (Fsp3) is 0.375. The van der Waals surface area contributed by atoms with Crippen LogP contribution in [0.2, 0.25) is 5.15 Å². The first kappa shape index (κ1) is 13.4. The van der Waals surface area contributed by atoms with Crippen LogP contribution >= 0.6 is 11.6 Å². The second kappa shape index (κ2) is 5.80. The Hall–Kier alpha value is -1.61. The molecule has 20 heavy (non-hydrogen) atoms. The van der Waals surface area contributed by atoms with E-state index in [-0.39, 0.29) is 0 Å². The Morgan fingerprint density at radius 1 is 1.15 bits per heavy atom. The average Bonchev–Trinajstić information content (AvgIpc) is 2.48. The van der Waals surface area contributed by atoms with Gasteiger partial charge in [0, 0.05) is 13.1 Å². The van der Waals surface area contributed by atoms with Gasteiger partial charge in [-0.15, -0.1) is 0 Å². The van der Waals surface area contributed by atoms with E-state index >= 15 is 0 Å². The molecule has 0 spiro atoms. The fourth-order valence-electron chi connectivity index (χ4n) is 2.95. The minimum absolute atomic E-state index is 0.462. The summed E-state index contributed by atoms with van der Waals surface area (Å²) >= 11 is 5.91. The molecule has 0 radical (unpaired) electrons. The SMILES string of the molecule is Cc1ccccc1C1CCN(c2cncc(Cl)n2)CC1. The second-order valence-corrected chi connectivity index (χ2v) is 5.71. The van der Waals surface area contributed by atoms with Gasteiger partial charge >= 0.3 is 0 Å². The van der Waals surface area contributed by atoms with Crippen molar-refractivity contribution in [2.75, 3.05) is 18.0 Å². The minimum Gasteiger partial charge on any atom is -0.355 e. The van der Waals surface area contributed by atoms with Crippen LogP contribution in [0, 0.1) is 6.92 Å². The molecule has 2 heterocycles. The molecule has 2 aromatic rings. The zero-order valence-electron chi connectivity index (χ0n) is 11.6. The molecule has 1 aromatic carbocycles. The van der Waals surface area contributed by atoms with E-state index in [1.807, 2.05) is 0 Å². The van der Waals surface area contributed by atoms with E-state index in [4.69, 9.17) is 11.6 Å². The Morgan fingerprint density at radius 3 is 2.60 bits per heavy atom. The number of benzene rings is 1. The van der Waals surface area contributed by atoms with E-state index in [2.05, 4.69) is 46.1 Å². The molecule has 1 fully saturated rings. The third-order valence-corrected chi connectivity index (χ3v) is 4.22. The summed E-state index contributed by atoms with van der Waals surface area (Å²) in [6.45, 7) is 4.21. The Labute approximate surface area is 124 Å².